The Balaban J connectivity index is 1.91. The first-order chi connectivity index (χ1) is 16.9. The van der Waals surface area contributed by atoms with Gasteiger partial charge in [0, 0.05) is 22.7 Å². The molecule has 1 aliphatic carbocycles. The monoisotopic (exact) mass is 549 g/mol. The van der Waals surface area contributed by atoms with Crippen LogP contribution >= 0.6 is 15.9 Å². The second-order valence-corrected chi connectivity index (χ2v) is 10.4. The fraction of sp³-hybridized carbons (Fsp3) is 0.214. The summed E-state index contributed by atoms with van der Waals surface area (Å²) in [5, 5.41) is 44.6. The highest BCUT2D eigenvalue weighted by Gasteiger charge is 2.42. The van der Waals surface area contributed by atoms with Gasteiger partial charge in [-0.3, -0.25) is 9.78 Å². The Morgan fingerprint density at radius 3 is 2.14 bits per heavy atom. The lowest BCUT2D eigenvalue weighted by Crippen LogP contribution is -2.30. The number of halogens is 1. The minimum absolute atomic E-state index is 0.00545. The van der Waals surface area contributed by atoms with Crippen LogP contribution in [0.3, 0.4) is 0 Å². The van der Waals surface area contributed by atoms with Crippen molar-refractivity contribution in [1.82, 2.24) is 4.98 Å². The molecule has 0 bridgehead atoms. The van der Waals surface area contributed by atoms with Gasteiger partial charge in [0.1, 0.15) is 33.2 Å². The number of benzene rings is 3. The molecule has 0 unspecified atom stereocenters. The highest BCUT2D eigenvalue weighted by molar-refractivity contribution is 9.10. The van der Waals surface area contributed by atoms with Crippen LogP contribution < -0.4 is 4.74 Å². The molecule has 36 heavy (non-hydrogen) atoms. The van der Waals surface area contributed by atoms with Gasteiger partial charge in [0.25, 0.3) is 0 Å². The van der Waals surface area contributed by atoms with E-state index >= 15 is 0 Å². The van der Waals surface area contributed by atoms with Gasteiger partial charge in [-0.15, -0.1) is 0 Å². The largest absolute Gasteiger partial charge is 0.507 e. The van der Waals surface area contributed by atoms with Gasteiger partial charge in [-0.2, -0.15) is 0 Å². The Hall–Kier alpha value is -3.78. The first-order valence-corrected chi connectivity index (χ1v) is 12.0. The Bertz CT molecular complexity index is 1620. The molecule has 4 N–H and O–H groups in total. The van der Waals surface area contributed by atoms with Crippen LogP contribution in [0.15, 0.2) is 34.8 Å². The zero-order valence-corrected chi connectivity index (χ0v) is 21.9. The van der Waals surface area contributed by atoms with Crippen LogP contribution in [0.1, 0.15) is 52.2 Å². The number of nitrogens with zero attached hydrogens (tertiary/aromatic N) is 1. The average Bonchev–Trinajstić information content (AvgIpc) is 2.80. The number of carbonyl (C=O) groups is 1. The van der Waals surface area contributed by atoms with Crippen LogP contribution in [0.4, 0.5) is 0 Å². The highest BCUT2D eigenvalue weighted by atomic mass is 79.9. The van der Waals surface area contributed by atoms with Crippen LogP contribution in [0.25, 0.3) is 22.0 Å². The van der Waals surface area contributed by atoms with E-state index in [2.05, 4.69) is 20.9 Å². The minimum Gasteiger partial charge on any atom is -0.507 e. The van der Waals surface area contributed by atoms with Gasteiger partial charge in [-0.1, -0.05) is 13.8 Å². The fourth-order valence-electron chi connectivity index (χ4n) is 5.23. The predicted molar refractivity (Wildman–Crippen MR) is 140 cm³/mol. The number of pyridine rings is 1. The zero-order valence-electron chi connectivity index (χ0n) is 20.3. The predicted octanol–water partition coefficient (Wildman–Crippen LogP) is 5.98. The Morgan fingerprint density at radius 2 is 1.50 bits per heavy atom. The number of aromatic hydroxyl groups is 4. The first kappa shape index (κ1) is 23.9. The molecule has 184 valence electrons. The molecule has 8 heteroatoms. The normalized spacial score (nSPS) is 14.0. The minimum atomic E-state index is -0.838. The lowest BCUT2D eigenvalue weighted by molar-refractivity contribution is 0.102. The van der Waals surface area contributed by atoms with Crippen molar-refractivity contribution in [2.45, 2.75) is 33.1 Å². The molecule has 1 aromatic heterocycles. The number of phenols is 4. The maximum Gasteiger partial charge on any atom is 0.201 e. The summed E-state index contributed by atoms with van der Waals surface area (Å²) < 4.78 is 5.26. The van der Waals surface area contributed by atoms with Crippen molar-refractivity contribution in [2.75, 3.05) is 7.11 Å². The number of ketones is 1. The van der Waals surface area contributed by atoms with Crippen LogP contribution in [0.2, 0.25) is 0 Å². The number of aromatic nitrogens is 1. The van der Waals surface area contributed by atoms with E-state index in [1.54, 1.807) is 19.1 Å². The molecule has 0 saturated carbocycles. The van der Waals surface area contributed by atoms with Crippen molar-refractivity contribution in [3.63, 3.8) is 0 Å². The second-order valence-electron chi connectivity index (χ2n) is 9.63. The van der Waals surface area contributed by atoms with E-state index in [1.807, 2.05) is 26.8 Å². The number of methoxy groups -OCH3 is 1. The number of aryl methyl sites for hydroxylation is 2. The van der Waals surface area contributed by atoms with Crippen molar-refractivity contribution < 1.29 is 30.0 Å². The van der Waals surface area contributed by atoms with Gasteiger partial charge in [0.15, 0.2) is 0 Å². The van der Waals surface area contributed by atoms with Gasteiger partial charge in [0.05, 0.1) is 29.3 Å². The summed E-state index contributed by atoms with van der Waals surface area (Å²) in [7, 11) is 1.50. The van der Waals surface area contributed by atoms with Crippen molar-refractivity contribution in [3.05, 3.63) is 68.3 Å². The SMILES string of the molecule is COc1cc(C)c(-c2nc(C)cc3cc4c(c(O)c23)C(=O)c2c(cc(O)c(Br)c2O)C4(C)C)c(O)c1. The number of carbonyl (C=O) groups excluding carboxylic acids is 1. The van der Waals surface area contributed by atoms with Crippen LogP contribution in [0.5, 0.6) is 28.7 Å². The molecule has 0 atom stereocenters. The van der Waals surface area contributed by atoms with Gasteiger partial charge in [-0.05, 0) is 76.1 Å². The molecule has 4 aromatic rings. The Morgan fingerprint density at radius 1 is 0.861 bits per heavy atom. The molecular formula is C28H24BrNO6. The van der Waals surface area contributed by atoms with Crippen LogP contribution in [0, 0.1) is 13.8 Å². The number of ether oxygens (including phenoxy) is 1. The molecule has 3 aromatic carbocycles. The van der Waals surface area contributed by atoms with E-state index in [4.69, 9.17) is 4.74 Å². The number of rotatable bonds is 2. The molecule has 0 fully saturated rings. The summed E-state index contributed by atoms with van der Waals surface area (Å²) in [5.41, 5.74) is 2.31. The zero-order chi connectivity index (χ0) is 26.3. The van der Waals surface area contributed by atoms with Crippen LogP contribution in [-0.4, -0.2) is 38.3 Å². The third kappa shape index (κ3) is 3.17. The molecule has 7 nitrogen and oxygen atoms in total. The average molecular weight is 550 g/mol. The van der Waals surface area contributed by atoms with E-state index in [9.17, 15) is 25.2 Å². The lowest BCUT2D eigenvalue weighted by Gasteiger charge is -2.35. The number of fused-ring (bicyclic) bond motifs is 3. The summed E-state index contributed by atoms with van der Waals surface area (Å²) in [4.78, 5) is 18.4. The summed E-state index contributed by atoms with van der Waals surface area (Å²) in [6.45, 7) is 7.34. The van der Waals surface area contributed by atoms with Gasteiger partial charge in [-0.25, -0.2) is 0 Å². The molecule has 0 aliphatic heterocycles. The Labute approximate surface area is 215 Å². The molecule has 0 spiro atoms. The maximum atomic E-state index is 13.8. The molecular weight excluding hydrogens is 526 g/mol. The van der Waals surface area contributed by atoms with E-state index in [-0.39, 0.29) is 38.6 Å². The molecule has 1 heterocycles. The number of phenolic OH excluding ortho intramolecular Hbond substituents is 4. The van der Waals surface area contributed by atoms with Gasteiger partial charge in [0.2, 0.25) is 5.78 Å². The molecule has 5 rings (SSSR count). The number of hydrogen-bond donors (Lipinski definition) is 4. The second kappa shape index (κ2) is 7.86. The van der Waals surface area contributed by atoms with E-state index < -0.39 is 11.2 Å². The summed E-state index contributed by atoms with van der Waals surface area (Å²) in [6.07, 6.45) is 0. The molecule has 1 aliphatic rings. The third-order valence-electron chi connectivity index (χ3n) is 7.00. The van der Waals surface area contributed by atoms with Crippen molar-refractivity contribution in [3.8, 4) is 40.0 Å². The van der Waals surface area contributed by atoms with Gasteiger partial charge < -0.3 is 25.2 Å². The maximum absolute atomic E-state index is 13.8. The van der Waals surface area contributed by atoms with E-state index in [0.29, 0.717) is 50.2 Å². The summed E-state index contributed by atoms with van der Waals surface area (Å²) >= 11 is 3.14. The summed E-state index contributed by atoms with van der Waals surface area (Å²) in [5.74, 6) is -1.03. The van der Waals surface area contributed by atoms with Crippen molar-refractivity contribution in [1.29, 1.82) is 0 Å². The van der Waals surface area contributed by atoms with Crippen molar-refractivity contribution >= 4 is 32.5 Å². The smallest absolute Gasteiger partial charge is 0.201 e. The van der Waals surface area contributed by atoms with E-state index in [0.717, 1.165) is 0 Å². The van der Waals surface area contributed by atoms with E-state index in [1.165, 1.54) is 19.2 Å². The third-order valence-corrected chi connectivity index (χ3v) is 7.78. The van der Waals surface area contributed by atoms with Gasteiger partial charge >= 0.3 is 0 Å². The quantitative estimate of drug-likeness (QED) is 0.242. The summed E-state index contributed by atoms with van der Waals surface area (Å²) in [6, 6.07) is 8.33. The molecule has 0 saturated heterocycles. The molecule has 0 amide bonds. The standard InChI is InChI=1S/C28H24BrNO6/c1-11-6-14(36-5)9-17(31)19(11)24-20-13(7-12(2)30-24)8-15-21(25(20)33)26(34)22-16(28(15,3)4)10-18(32)23(29)27(22)35/h6-10,31-33,35H,1-5H3. The van der Waals surface area contributed by atoms with Crippen LogP contribution in [-0.2, 0) is 5.41 Å². The highest BCUT2D eigenvalue weighted by Crippen LogP contribution is 2.53. The lowest BCUT2D eigenvalue weighted by atomic mass is 9.67. The molecule has 0 radical (unpaired) electrons. The first-order valence-electron chi connectivity index (χ1n) is 11.2. The van der Waals surface area contributed by atoms with Crippen molar-refractivity contribution in [2.24, 2.45) is 0 Å². The fourth-order valence-corrected chi connectivity index (χ4v) is 5.54. The number of hydrogen-bond acceptors (Lipinski definition) is 7. The topological polar surface area (TPSA) is 120 Å². The Kier molecular flexibility index (Phi) is 5.23.